The first-order valence-corrected chi connectivity index (χ1v) is 10.0. The van der Waals surface area contributed by atoms with Gasteiger partial charge in [-0.3, -0.25) is 9.59 Å². The minimum Gasteiger partial charge on any atom is -0.497 e. The summed E-state index contributed by atoms with van der Waals surface area (Å²) in [4.78, 5) is 28.3. The van der Waals surface area contributed by atoms with E-state index in [9.17, 15) is 9.59 Å². The molecule has 2 aromatic carbocycles. The van der Waals surface area contributed by atoms with E-state index in [0.29, 0.717) is 23.6 Å². The van der Waals surface area contributed by atoms with E-state index in [1.165, 1.54) is 23.1 Å². The SMILES string of the molecule is CCOC(=O)CSc1nc2ccc(NC(=O)c3ccc(OC)cc3)cc2s1. The summed E-state index contributed by atoms with van der Waals surface area (Å²) in [5.74, 6) is 0.479. The molecule has 1 heterocycles. The number of ether oxygens (including phenoxy) is 2. The highest BCUT2D eigenvalue weighted by Crippen LogP contribution is 2.31. The summed E-state index contributed by atoms with van der Waals surface area (Å²) < 4.78 is 11.7. The highest BCUT2D eigenvalue weighted by Gasteiger charge is 2.11. The molecule has 1 amide bonds. The van der Waals surface area contributed by atoms with Crippen LogP contribution in [0.4, 0.5) is 5.69 Å². The number of hydrogen-bond acceptors (Lipinski definition) is 7. The number of nitrogens with one attached hydrogen (secondary N) is 1. The molecule has 140 valence electrons. The lowest BCUT2D eigenvalue weighted by atomic mass is 10.2. The summed E-state index contributed by atoms with van der Waals surface area (Å²) in [7, 11) is 1.58. The second-order valence-corrected chi connectivity index (χ2v) is 7.69. The zero-order valence-electron chi connectivity index (χ0n) is 14.9. The van der Waals surface area contributed by atoms with Crippen molar-refractivity contribution in [2.24, 2.45) is 0 Å². The van der Waals surface area contributed by atoms with Crippen LogP contribution in [0.25, 0.3) is 10.2 Å². The van der Waals surface area contributed by atoms with Crippen LogP contribution >= 0.6 is 23.1 Å². The van der Waals surface area contributed by atoms with Gasteiger partial charge < -0.3 is 14.8 Å². The maximum Gasteiger partial charge on any atom is 0.316 e. The first kappa shape index (κ1) is 19.2. The summed E-state index contributed by atoms with van der Waals surface area (Å²) in [5.41, 5.74) is 2.06. The van der Waals surface area contributed by atoms with Crippen molar-refractivity contribution in [1.82, 2.24) is 4.98 Å². The molecule has 0 radical (unpaired) electrons. The van der Waals surface area contributed by atoms with E-state index >= 15 is 0 Å². The van der Waals surface area contributed by atoms with E-state index in [0.717, 1.165) is 14.6 Å². The van der Waals surface area contributed by atoms with Gasteiger partial charge in [0.25, 0.3) is 5.91 Å². The Hall–Kier alpha value is -2.58. The van der Waals surface area contributed by atoms with Crippen molar-refractivity contribution < 1.29 is 19.1 Å². The van der Waals surface area contributed by atoms with Crippen LogP contribution in [0, 0.1) is 0 Å². The van der Waals surface area contributed by atoms with Gasteiger partial charge in [0.05, 0.1) is 29.7 Å². The first-order chi connectivity index (χ1) is 13.1. The number of anilines is 1. The Kier molecular flexibility index (Phi) is 6.31. The molecule has 27 heavy (non-hydrogen) atoms. The van der Waals surface area contributed by atoms with E-state index < -0.39 is 0 Å². The lowest BCUT2D eigenvalue weighted by Gasteiger charge is -2.06. The van der Waals surface area contributed by atoms with Crippen molar-refractivity contribution >= 4 is 50.9 Å². The summed E-state index contributed by atoms with van der Waals surface area (Å²) in [6.07, 6.45) is 0. The molecule has 0 aliphatic heterocycles. The maximum atomic E-state index is 12.4. The standard InChI is InChI=1S/C19H18N2O4S2/c1-3-25-17(22)11-26-19-21-15-9-6-13(10-16(15)27-19)20-18(23)12-4-7-14(24-2)8-5-12/h4-10H,3,11H2,1-2H3,(H,20,23). The maximum absolute atomic E-state index is 12.4. The third kappa shape index (κ3) is 4.99. The lowest BCUT2D eigenvalue weighted by molar-refractivity contribution is -0.139. The molecule has 0 bridgehead atoms. The topological polar surface area (TPSA) is 77.5 Å². The number of carbonyl (C=O) groups is 2. The number of thioether (sulfide) groups is 1. The number of hydrogen-bond donors (Lipinski definition) is 1. The molecule has 0 spiro atoms. The molecule has 0 atom stereocenters. The van der Waals surface area contributed by atoms with Crippen molar-refractivity contribution in [2.75, 3.05) is 24.8 Å². The largest absolute Gasteiger partial charge is 0.497 e. The molecule has 0 saturated heterocycles. The van der Waals surface area contributed by atoms with Crippen molar-refractivity contribution in [1.29, 1.82) is 0 Å². The van der Waals surface area contributed by atoms with Crippen molar-refractivity contribution in [2.45, 2.75) is 11.3 Å². The van der Waals surface area contributed by atoms with Crippen molar-refractivity contribution in [3.8, 4) is 5.75 Å². The number of methoxy groups -OCH3 is 1. The molecule has 0 fully saturated rings. The first-order valence-electron chi connectivity index (χ1n) is 8.23. The monoisotopic (exact) mass is 402 g/mol. The molecule has 1 N–H and O–H groups in total. The molecular formula is C19H18N2O4S2. The quantitative estimate of drug-likeness (QED) is 0.471. The third-order valence-electron chi connectivity index (χ3n) is 3.60. The Morgan fingerprint density at radius 2 is 1.96 bits per heavy atom. The Balaban J connectivity index is 1.68. The van der Waals surface area contributed by atoms with Gasteiger partial charge >= 0.3 is 5.97 Å². The predicted octanol–water partition coefficient (Wildman–Crippen LogP) is 4.21. The zero-order chi connectivity index (χ0) is 19.2. The zero-order valence-corrected chi connectivity index (χ0v) is 16.5. The number of nitrogens with zero attached hydrogens (tertiary/aromatic N) is 1. The van der Waals surface area contributed by atoms with Crippen LogP contribution in [0.5, 0.6) is 5.75 Å². The fraction of sp³-hybridized carbons (Fsp3) is 0.211. The number of benzene rings is 2. The second-order valence-electron chi connectivity index (χ2n) is 5.44. The van der Waals surface area contributed by atoms with Gasteiger partial charge in [0.1, 0.15) is 5.75 Å². The third-order valence-corrected chi connectivity index (χ3v) is 5.73. The molecule has 3 aromatic rings. The lowest BCUT2D eigenvalue weighted by Crippen LogP contribution is -2.11. The summed E-state index contributed by atoms with van der Waals surface area (Å²) in [5, 5.41) is 2.88. The number of fused-ring (bicyclic) bond motifs is 1. The van der Waals surface area contributed by atoms with E-state index in [4.69, 9.17) is 9.47 Å². The number of rotatable bonds is 7. The van der Waals surface area contributed by atoms with Crippen LogP contribution < -0.4 is 10.1 Å². The number of carbonyl (C=O) groups excluding carboxylic acids is 2. The van der Waals surface area contributed by atoms with Gasteiger partial charge in [-0.05, 0) is 49.4 Å². The second kappa shape index (κ2) is 8.88. The minimum atomic E-state index is -0.255. The van der Waals surface area contributed by atoms with Crippen molar-refractivity contribution in [3.63, 3.8) is 0 Å². The fourth-order valence-corrected chi connectivity index (χ4v) is 4.22. The number of esters is 1. The molecule has 0 aliphatic rings. The molecule has 8 heteroatoms. The summed E-state index contributed by atoms with van der Waals surface area (Å²) >= 11 is 2.82. The highest BCUT2D eigenvalue weighted by molar-refractivity contribution is 8.01. The number of amides is 1. The molecule has 0 saturated carbocycles. The average molecular weight is 402 g/mol. The molecule has 6 nitrogen and oxygen atoms in total. The van der Waals surface area contributed by atoms with Crippen LogP contribution in [-0.4, -0.2) is 36.3 Å². The Labute approximate surface area is 164 Å². The van der Waals surface area contributed by atoms with Gasteiger partial charge in [0.15, 0.2) is 4.34 Å². The van der Waals surface area contributed by atoms with Gasteiger partial charge in [-0.1, -0.05) is 11.8 Å². The van der Waals surface area contributed by atoms with Gasteiger partial charge in [0.2, 0.25) is 0 Å². The van der Waals surface area contributed by atoms with E-state index in [1.54, 1.807) is 38.3 Å². The molecule has 1 aromatic heterocycles. The minimum absolute atomic E-state index is 0.196. The van der Waals surface area contributed by atoms with Crippen LogP contribution in [0.3, 0.4) is 0 Å². The van der Waals surface area contributed by atoms with E-state index in [2.05, 4.69) is 10.3 Å². The van der Waals surface area contributed by atoms with Gasteiger partial charge in [-0.2, -0.15) is 0 Å². The molecular weight excluding hydrogens is 384 g/mol. The van der Waals surface area contributed by atoms with Crippen LogP contribution in [0.1, 0.15) is 17.3 Å². The number of aromatic nitrogens is 1. The molecule has 0 aliphatic carbocycles. The van der Waals surface area contributed by atoms with Gasteiger partial charge in [-0.15, -0.1) is 11.3 Å². The predicted molar refractivity (Wildman–Crippen MR) is 108 cm³/mol. The number of thiazole rings is 1. The molecule has 0 unspecified atom stereocenters. The van der Waals surface area contributed by atoms with Crippen LogP contribution in [-0.2, 0) is 9.53 Å². The van der Waals surface area contributed by atoms with E-state index in [1.807, 2.05) is 18.2 Å². The summed E-state index contributed by atoms with van der Waals surface area (Å²) in [6, 6.07) is 12.5. The van der Waals surface area contributed by atoms with Crippen LogP contribution in [0.15, 0.2) is 46.8 Å². The normalized spacial score (nSPS) is 10.6. The fourth-order valence-electron chi connectivity index (χ4n) is 2.31. The van der Waals surface area contributed by atoms with Gasteiger partial charge in [0, 0.05) is 11.3 Å². The Morgan fingerprint density at radius 1 is 1.19 bits per heavy atom. The summed E-state index contributed by atoms with van der Waals surface area (Å²) in [6.45, 7) is 2.15. The smallest absolute Gasteiger partial charge is 0.316 e. The highest BCUT2D eigenvalue weighted by atomic mass is 32.2. The van der Waals surface area contributed by atoms with Gasteiger partial charge in [-0.25, -0.2) is 4.98 Å². The molecule has 3 rings (SSSR count). The Morgan fingerprint density at radius 3 is 2.67 bits per heavy atom. The average Bonchev–Trinajstić information content (AvgIpc) is 3.09. The van der Waals surface area contributed by atoms with E-state index in [-0.39, 0.29) is 17.6 Å². The van der Waals surface area contributed by atoms with Crippen molar-refractivity contribution in [3.05, 3.63) is 48.0 Å². The Bertz CT molecular complexity index is 954. The van der Waals surface area contributed by atoms with Crippen LogP contribution in [0.2, 0.25) is 0 Å².